The summed E-state index contributed by atoms with van der Waals surface area (Å²) in [6, 6.07) is 8.42. The van der Waals surface area contributed by atoms with Gasteiger partial charge in [-0.15, -0.1) is 5.06 Å². The molecule has 1 aliphatic heterocycles. The summed E-state index contributed by atoms with van der Waals surface area (Å²) >= 11 is 0. The maximum atomic E-state index is 12.7. The number of benzene rings is 1. The fraction of sp³-hybridized carbons (Fsp3) is 0.560. The second-order valence-corrected chi connectivity index (χ2v) is 9.52. The summed E-state index contributed by atoms with van der Waals surface area (Å²) in [5.41, 5.74) is 0.198. The number of hydrogen-bond donors (Lipinski definition) is 2. The van der Waals surface area contributed by atoms with Crippen LogP contribution in [0, 0.1) is 5.92 Å². The summed E-state index contributed by atoms with van der Waals surface area (Å²) in [6.07, 6.45) is 0.175. The van der Waals surface area contributed by atoms with Crippen LogP contribution in [-0.2, 0) is 35.3 Å². The van der Waals surface area contributed by atoms with E-state index in [4.69, 9.17) is 14.3 Å². The van der Waals surface area contributed by atoms with Gasteiger partial charge in [-0.1, -0.05) is 30.3 Å². The Morgan fingerprint density at radius 1 is 1.00 bits per heavy atom. The van der Waals surface area contributed by atoms with Gasteiger partial charge in [-0.3, -0.25) is 9.59 Å². The molecule has 11 nitrogen and oxygen atoms in total. The second-order valence-electron chi connectivity index (χ2n) is 9.52. The summed E-state index contributed by atoms with van der Waals surface area (Å²) in [5.74, 6) is -2.87. The fourth-order valence-electron chi connectivity index (χ4n) is 3.35. The van der Waals surface area contributed by atoms with E-state index in [1.165, 1.54) is 6.92 Å². The van der Waals surface area contributed by atoms with Crippen LogP contribution in [0.25, 0.3) is 0 Å². The predicted molar refractivity (Wildman–Crippen MR) is 128 cm³/mol. The molecule has 0 radical (unpaired) electrons. The lowest BCUT2D eigenvalue weighted by atomic mass is 9.97. The summed E-state index contributed by atoms with van der Waals surface area (Å²) < 4.78 is 10.5. The Labute approximate surface area is 210 Å². The molecule has 0 aliphatic carbocycles. The first-order valence-corrected chi connectivity index (χ1v) is 12.0. The van der Waals surface area contributed by atoms with Gasteiger partial charge in [-0.05, 0) is 52.5 Å². The number of unbranched alkanes of at least 4 members (excludes halogenated alkanes) is 1. The van der Waals surface area contributed by atoms with Crippen molar-refractivity contribution in [2.75, 3.05) is 6.54 Å². The Morgan fingerprint density at radius 3 is 2.25 bits per heavy atom. The van der Waals surface area contributed by atoms with Crippen molar-refractivity contribution in [3.63, 3.8) is 0 Å². The molecular formula is C25H35N3O8. The molecule has 1 aromatic carbocycles. The highest BCUT2D eigenvalue weighted by atomic mass is 16.7. The van der Waals surface area contributed by atoms with Gasteiger partial charge in [0.25, 0.3) is 11.8 Å². The van der Waals surface area contributed by atoms with Crippen molar-refractivity contribution >= 4 is 30.0 Å². The normalized spacial score (nSPS) is 15.2. The highest BCUT2D eigenvalue weighted by Crippen LogP contribution is 2.18. The van der Waals surface area contributed by atoms with Crippen LogP contribution in [0.3, 0.4) is 0 Å². The lowest BCUT2D eigenvalue weighted by Crippen LogP contribution is -2.45. The molecule has 1 heterocycles. The van der Waals surface area contributed by atoms with Gasteiger partial charge in [0.15, 0.2) is 0 Å². The quantitative estimate of drug-likeness (QED) is 0.345. The van der Waals surface area contributed by atoms with E-state index in [9.17, 15) is 24.0 Å². The van der Waals surface area contributed by atoms with Crippen LogP contribution in [-0.4, -0.2) is 53.2 Å². The van der Waals surface area contributed by atoms with E-state index in [1.54, 1.807) is 20.8 Å². The Balaban J connectivity index is 1.91. The minimum absolute atomic E-state index is 0.0152. The highest BCUT2D eigenvalue weighted by molar-refractivity contribution is 6.01. The number of ether oxygens (including phenoxy) is 2. The standard InChI is InChI=1S/C25H35N3O8/c1-17(22(31)36-28-20(29)13-14-21(28)30)19(12-8-9-15-26-23(32)35-25(2,3)4)27-24(33)34-16-18-10-6-5-7-11-18/h5-7,10-11,17,19H,8-9,12-16H2,1-4H3,(H,26,32)(H,27,33)/t17?,19-/m0/s1. The molecule has 0 aromatic heterocycles. The molecule has 1 saturated heterocycles. The number of amides is 4. The molecule has 36 heavy (non-hydrogen) atoms. The highest BCUT2D eigenvalue weighted by Gasteiger charge is 2.36. The number of nitrogens with zero attached hydrogens (tertiary/aromatic N) is 1. The van der Waals surface area contributed by atoms with E-state index < -0.39 is 47.5 Å². The molecule has 2 N–H and O–H groups in total. The van der Waals surface area contributed by atoms with Crippen molar-refractivity contribution in [1.29, 1.82) is 0 Å². The molecule has 1 fully saturated rings. The molecule has 11 heteroatoms. The molecule has 0 spiro atoms. The first-order chi connectivity index (χ1) is 17.0. The number of imide groups is 1. The largest absolute Gasteiger partial charge is 0.445 e. The first kappa shape index (κ1) is 28.6. The second kappa shape index (κ2) is 13.5. The third-order valence-electron chi connectivity index (χ3n) is 5.29. The topological polar surface area (TPSA) is 140 Å². The molecule has 1 aromatic rings. The Kier molecular flexibility index (Phi) is 10.7. The zero-order valence-corrected chi connectivity index (χ0v) is 21.2. The van der Waals surface area contributed by atoms with E-state index in [-0.39, 0.29) is 19.4 Å². The van der Waals surface area contributed by atoms with Gasteiger partial charge in [-0.2, -0.15) is 0 Å². The average molecular weight is 506 g/mol. The lowest BCUT2D eigenvalue weighted by Gasteiger charge is -2.25. The predicted octanol–water partition coefficient (Wildman–Crippen LogP) is 3.22. The fourth-order valence-corrected chi connectivity index (χ4v) is 3.35. The molecule has 0 saturated carbocycles. The van der Waals surface area contributed by atoms with E-state index >= 15 is 0 Å². The van der Waals surface area contributed by atoms with Crippen LogP contribution in [0.15, 0.2) is 30.3 Å². The van der Waals surface area contributed by atoms with Gasteiger partial charge < -0.3 is 24.9 Å². The van der Waals surface area contributed by atoms with Crippen molar-refractivity contribution in [2.45, 2.75) is 78.0 Å². The van der Waals surface area contributed by atoms with E-state index in [0.29, 0.717) is 30.9 Å². The minimum atomic E-state index is -0.880. The summed E-state index contributed by atoms with van der Waals surface area (Å²) in [6.45, 7) is 7.23. The molecule has 1 aliphatic rings. The smallest absolute Gasteiger partial charge is 0.407 e. The summed E-state index contributed by atoms with van der Waals surface area (Å²) in [7, 11) is 0. The zero-order chi connectivity index (χ0) is 26.7. The molecular weight excluding hydrogens is 470 g/mol. The van der Waals surface area contributed by atoms with Gasteiger partial charge in [-0.25, -0.2) is 14.4 Å². The SMILES string of the molecule is CC(C(=O)ON1C(=O)CCC1=O)[C@H](CCCCNC(=O)OC(C)(C)C)NC(=O)OCc1ccccc1. The van der Waals surface area contributed by atoms with E-state index in [0.717, 1.165) is 5.56 Å². The van der Waals surface area contributed by atoms with Crippen LogP contribution in [0.4, 0.5) is 9.59 Å². The van der Waals surface area contributed by atoms with E-state index in [1.807, 2.05) is 30.3 Å². The van der Waals surface area contributed by atoms with Crippen molar-refractivity contribution in [1.82, 2.24) is 15.7 Å². The van der Waals surface area contributed by atoms with E-state index in [2.05, 4.69) is 10.6 Å². The van der Waals surface area contributed by atoms with Crippen LogP contribution < -0.4 is 10.6 Å². The third-order valence-corrected chi connectivity index (χ3v) is 5.29. The van der Waals surface area contributed by atoms with Crippen LogP contribution in [0.1, 0.15) is 65.4 Å². The number of carbonyl (C=O) groups excluding carboxylic acids is 5. The molecule has 198 valence electrons. The van der Waals surface area contributed by atoms with Gasteiger partial charge in [0.2, 0.25) is 0 Å². The molecule has 2 atom stereocenters. The number of rotatable bonds is 11. The Hall–Kier alpha value is -3.63. The number of carbonyl (C=O) groups is 5. The molecule has 2 rings (SSSR count). The monoisotopic (exact) mass is 505 g/mol. The lowest BCUT2D eigenvalue weighted by molar-refractivity contribution is -0.200. The van der Waals surface area contributed by atoms with Gasteiger partial charge in [0.05, 0.1) is 5.92 Å². The third kappa shape index (κ3) is 9.93. The van der Waals surface area contributed by atoms with Crippen molar-refractivity contribution in [3.8, 4) is 0 Å². The Bertz CT molecular complexity index is 913. The molecule has 1 unspecified atom stereocenters. The van der Waals surface area contributed by atoms with Gasteiger partial charge in [0, 0.05) is 25.4 Å². The van der Waals surface area contributed by atoms with Gasteiger partial charge in [0.1, 0.15) is 12.2 Å². The van der Waals surface area contributed by atoms with Crippen LogP contribution in [0.5, 0.6) is 0 Å². The number of nitrogens with one attached hydrogen (secondary N) is 2. The average Bonchev–Trinajstić information content (AvgIpc) is 3.12. The minimum Gasteiger partial charge on any atom is -0.445 e. The maximum absolute atomic E-state index is 12.7. The first-order valence-electron chi connectivity index (χ1n) is 12.0. The van der Waals surface area contributed by atoms with Crippen molar-refractivity contribution < 1.29 is 38.3 Å². The van der Waals surface area contributed by atoms with Crippen LogP contribution in [0.2, 0.25) is 0 Å². The number of hydroxylamine groups is 2. The number of hydrogen-bond acceptors (Lipinski definition) is 8. The Morgan fingerprint density at radius 2 is 1.64 bits per heavy atom. The number of alkyl carbamates (subject to hydrolysis) is 2. The van der Waals surface area contributed by atoms with Crippen LogP contribution >= 0.6 is 0 Å². The molecule has 0 bridgehead atoms. The summed E-state index contributed by atoms with van der Waals surface area (Å²) in [5, 5.41) is 5.82. The van der Waals surface area contributed by atoms with Crippen molar-refractivity contribution in [2.24, 2.45) is 5.92 Å². The van der Waals surface area contributed by atoms with Gasteiger partial charge >= 0.3 is 18.2 Å². The molecule has 4 amide bonds. The zero-order valence-electron chi connectivity index (χ0n) is 21.2. The maximum Gasteiger partial charge on any atom is 0.407 e. The van der Waals surface area contributed by atoms with Crippen molar-refractivity contribution in [3.05, 3.63) is 35.9 Å². The summed E-state index contributed by atoms with van der Waals surface area (Å²) in [4.78, 5) is 65.5.